The number of pyridine rings is 1. The number of hydrogen-bond donors (Lipinski definition) is 1. The Bertz CT molecular complexity index is 926. The molecule has 0 bridgehead atoms. The molecule has 3 aromatic rings. The molecule has 0 aliphatic carbocycles. The van der Waals surface area contributed by atoms with Crippen molar-refractivity contribution in [2.45, 2.75) is 13.0 Å². The van der Waals surface area contributed by atoms with E-state index in [0.29, 0.717) is 11.3 Å². The summed E-state index contributed by atoms with van der Waals surface area (Å²) in [5.74, 6) is 1.09. The first kappa shape index (κ1) is 18.5. The van der Waals surface area contributed by atoms with Gasteiger partial charge in [0.15, 0.2) is 0 Å². The molecule has 1 aromatic heterocycles. The Morgan fingerprint density at radius 1 is 0.963 bits per heavy atom. The summed E-state index contributed by atoms with van der Waals surface area (Å²) in [6.07, 6.45) is 3.47. The van der Waals surface area contributed by atoms with E-state index in [9.17, 15) is 4.79 Å². The van der Waals surface area contributed by atoms with Crippen LogP contribution in [0.5, 0.6) is 11.5 Å². The van der Waals surface area contributed by atoms with E-state index in [2.05, 4.69) is 10.3 Å². The van der Waals surface area contributed by atoms with Crippen molar-refractivity contribution >= 4 is 5.91 Å². The minimum atomic E-state index is -0.191. The van der Waals surface area contributed by atoms with E-state index in [1.165, 1.54) is 0 Å². The first-order valence-corrected chi connectivity index (χ1v) is 8.65. The van der Waals surface area contributed by atoms with Crippen LogP contribution in [-0.4, -0.2) is 25.1 Å². The molecule has 1 N–H and O–H groups in total. The molecule has 5 heteroatoms. The van der Waals surface area contributed by atoms with Gasteiger partial charge in [0.2, 0.25) is 0 Å². The van der Waals surface area contributed by atoms with Crippen molar-refractivity contribution in [2.24, 2.45) is 0 Å². The SMILES string of the molecule is COc1cccc(C(C)NC(=O)c2ccc(-c3ccncc3)cc2OC)c1. The third-order valence-corrected chi connectivity index (χ3v) is 4.40. The summed E-state index contributed by atoms with van der Waals surface area (Å²) in [6.45, 7) is 1.94. The highest BCUT2D eigenvalue weighted by Crippen LogP contribution is 2.28. The Morgan fingerprint density at radius 2 is 1.74 bits per heavy atom. The van der Waals surface area contributed by atoms with Crippen molar-refractivity contribution in [2.75, 3.05) is 14.2 Å². The van der Waals surface area contributed by atoms with Gasteiger partial charge in [-0.25, -0.2) is 0 Å². The number of nitrogens with one attached hydrogen (secondary N) is 1. The second kappa shape index (κ2) is 8.36. The van der Waals surface area contributed by atoms with E-state index in [0.717, 1.165) is 22.4 Å². The van der Waals surface area contributed by atoms with Crippen LogP contribution in [-0.2, 0) is 0 Å². The van der Waals surface area contributed by atoms with Crippen molar-refractivity contribution < 1.29 is 14.3 Å². The van der Waals surface area contributed by atoms with Gasteiger partial charge in [0.05, 0.1) is 25.8 Å². The van der Waals surface area contributed by atoms with Gasteiger partial charge in [0.1, 0.15) is 11.5 Å². The molecule has 0 spiro atoms. The molecule has 0 radical (unpaired) electrons. The Morgan fingerprint density at radius 3 is 2.44 bits per heavy atom. The normalized spacial score (nSPS) is 11.5. The van der Waals surface area contributed by atoms with Gasteiger partial charge < -0.3 is 14.8 Å². The highest BCUT2D eigenvalue weighted by Gasteiger charge is 2.17. The molecule has 2 aromatic carbocycles. The van der Waals surface area contributed by atoms with E-state index in [-0.39, 0.29) is 11.9 Å². The summed E-state index contributed by atoms with van der Waals surface area (Å²) in [4.78, 5) is 16.8. The van der Waals surface area contributed by atoms with Crippen LogP contribution in [0.4, 0.5) is 0 Å². The number of methoxy groups -OCH3 is 2. The zero-order valence-electron chi connectivity index (χ0n) is 15.6. The topological polar surface area (TPSA) is 60.5 Å². The standard InChI is InChI=1S/C22H22N2O3/c1-15(17-5-4-6-19(13-17)26-2)24-22(25)20-8-7-18(14-21(20)27-3)16-9-11-23-12-10-16/h4-15H,1-3H3,(H,24,25). The lowest BCUT2D eigenvalue weighted by Crippen LogP contribution is -2.27. The van der Waals surface area contributed by atoms with Crippen molar-refractivity contribution in [1.82, 2.24) is 10.3 Å². The second-order valence-corrected chi connectivity index (χ2v) is 6.12. The highest BCUT2D eigenvalue weighted by atomic mass is 16.5. The largest absolute Gasteiger partial charge is 0.497 e. The quantitative estimate of drug-likeness (QED) is 0.712. The molecule has 0 aliphatic heterocycles. The van der Waals surface area contributed by atoms with Crippen LogP contribution in [0.3, 0.4) is 0 Å². The number of carbonyl (C=O) groups is 1. The van der Waals surface area contributed by atoms with E-state index in [1.807, 2.05) is 55.5 Å². The number of nitrogens with zero attached hydrogens (tertiary/aromatic N) is 1. The summed E-state index contributed by atoms with van der Waals surface area (Å²) in [5, 5.41) is 3.01. The number of aromatic nitrogens is 1. The van der Waals surface area contributed by atoms with E-state index >= 15 is 0 Å². The van der Waals surface area contributed by atoms with Gasteiger partial charge in [0.25, 0.3) is 5.91 Å². The van der Waals surface area contributed by atoms with Crippen LogP contribution in [0.1, 0.15) is 28.9 Å². The molecule has 5 nitrogen and oxygen atoms in total. The number of ether oxygens (including phenoxy) is 2. The predicted molar refractivity (Wildman–Crippen MR) is 105 cm³/mol. The molecule has 0 fully saturated rings. The molecule has 1 unspecified atom stereocenters. The monoisotopic (exact) mass is 362 g/mol. The summed E-state index contributed by atoms with van der Waals surface area (Å²) < 4.78 is 10.7. The van der Waals surface area contributed by atoms with Gasteiger partial charge in [0, 0.05) is 12.4 Å². The maximum absolute atomic E-state index is 12.8. The number of benzene rings is 2. The number of rotatable bonds is 6. The van der Waals surface area contributed by atoms with Crippen molar-refractivity contribution in [3.8, 4) is 22.6 Å². The molecule has 0 saturated carbocycles. The first-order valence-electron chi connectivity index (χ1n) is 8.65. The fourth-order valence-electron chi connectivity index (χ4n) is 2.87. The molecular weight excluding hydrogens is 340 g/mol. The van der Waals surface area contributed by atoms with Gasteiger partial charge in [-0.3, -0.25) is 9.78 Å². The molecule has 1 heterocycles. The molecule has 27 heavy (non-hydrogen) atoms. The minimum Gasteiger partial charge on any atom is -0.497 e. The average molecular weight is 362 g/mol. The Kier molecular flexibility index (Phi) is 5.71. The number of carbonyl (C=O) groups excluding carboxylic acids is 1. The van der Waals surface area contributed by atoms with Crippen LogP contribution in [0.15, 0.2) is 67.0 Å². The smallest absolute Gasteiger partial charge is 0.255 e. The number of amides is 1. The van der Waals surface area contributed by atoms with Gasteiger partial charge in [-0.05, 0) is 60.0 Å². The molecule has 0 saturated heterocycles. The van der Waals surface area contributed by atoms with Gasteiger partial charge in [-0.15, -0.1) is 0 Å². The van der Waals surface area contributed by atoms with Crippen LogP contribution < -0.4 is 14.8 Å². The van der Waals surface area contributed by atoms with E-state index < -0.39 is 0 Å². The number of hydrogen-bond acceptors (Lipinski definition) is 4. The van der Waals surface area contributed by atoms with Crippen molar-refractivity contribution in [3.63, 3.8) is 0 Å². The fraction of sp³-hybridized carbons (Fsp3) is 0.182. The zero-order valence-corrected chi connectivity index (χ0v) is 15.6. The van der Waals surface area contributed by atoms with E-state index in [4.69, 9.17) is 9.47 Å². The lowest BCUT2D eigenvalue weighted by Gasteiger charge is -2.17. The summed E-state index contributed by atoms with van der Waals surface area (Å²) in [7, 11) is 3.19. The molecule has 138 valence electrons. The van der Waals surface area contributed by atoms with Crippen LogP contribution in [0, 0.1) is 0 Å². The highest BCUT2D eigenvalue weighted by molar-refractivity contribution is 5.97. The third kappa shape index (κ3) is 4.26. The summed E-state index contributed by atoms with van der Waals surface area (Å²) in [5.41, 5.74) is 3.44. The summed E-state index contributed by atoms with van der Waals surface area (Å²) in [6, 6.07) is 16.9. The van der Waals surface area contributed by atoms with Gasteiger partial charge >= 0.3 is 0 Å². The predicted octanol–water partition coefficient (Wildman–Crippen LogP) is 4.26. The summed E-state index contributed by atoms with van der Waals surface area (Å²) >= 11 is 0. The van der Waals surface area contributed by atoms with E-state index in [1.54, 1.807) is 32.7 Å². The lowest BCUT2D eigenvalue weighted by atomic mass is 10.0. The maximum atomic E-state index is 12.8. The Hall–Kier alpha value is -3.34. The molecule has 3 rings (SSSR count). The van der Waals surface area contributed by atoms with Crippen molar-refractivity contribution in [3.05, 3.63) is 78.1 Å². The minimum absolute atomic E-state index is 0.169. The van der Waals surface area contributed by atoms with Gasteiger partial charge in [-0.1, -0.05) is 18.2 Å². The zero-order chi connectivity index (χ0) is 19.2. The molecule has 0 aliphatic rings. The second-order valence-electron chi connectivity index (χ2n) is 6.12. The van der Waals surface area contributed by atoms with Crippen LogP contribution in [0.2, 0.25) is 0 Å². The maximum Gasteiger partial charge on any atom is 0.255 e. The van der Waals surface area contributed by atoms with Crippen LogP contribution in [0.25, 0.3) is 11.1 Å². The van der Waals surface area contributed by atoms with Crippen molar-refractivity contribution in [1.29, 1.82) is 0 Å². The Balaban J connectivity index is 1.81. The molecule has 1 atom stereocenters. The molecular formula is C22H22N2O3. The van der Waals surface area contributed by atoms with Crippen LogP contribution >= 0.6 is 0 Å². The Labute approximate surface area is 159 Å². The average Bonchev–Trinajstić information content (AvgIpc) is 2.73. The lowest BCUT2D eigenvalue weighted by molar-refractivity contribution is 0.0937. The van der Waals surface area contributed by atoms with Gasteiger partial charge in [-0.2, -0.15) is 0 Å². The fourth-order valence-corrected chi connectivity index (χ4v) is 2.87. The molecule has 1 amide bonds. The first-order chi connectivity index (χ1) is 13.1. The third-order valence-electron chi connectivity index (χ3n) is 4.40.